The summed E-state index contributed by atoms with van der Waals surface area (Å²) in [6.45, 7) is 5.59. The Morgan fingerprint density at radius 3 is 2.21 bits per heavy atom. The molecule has 0 spiro atoms. The van der Waals surface area contributed by atoms with Gasteiger partial charge in [-0.15, -0.1) is 0 Å². The first-order valence-electron chi connectivity index (χ1n) is 8.12. The highest BCUT2D eigenvalue weighted by Crippen LogP contribution is 2.38. The standard InChI is InChI=1S/C16H30BrNO/c1-14(19)15-6-10-18(11-7-15)13-16(12-17)8-4-2-3-5-9-16/h14-15,19H,2-13H2,1H3. The maximum atomic E-state index is 9.69. The minimum Gasteiger partial charge on any atom is -0.393 e. The van der Waals surface area contributed by atoms with Crippen molar-refractivity contribution in [3.8, 4) is 0 Å². The van der Waals surface area contributed by atoms with Crippen molar-refractivity contribution in [1.82, 2.24) is 4.90 Å². The fraction of sp³-hybridized carbons (Fsp3) is 1.00. The molecule has 1 heterocycles. The van der Waals surface area contributed by atoms with E-state index in [9.17, 15) is 5.11 Å². The molecule has 1 saturated heterocycles. The average molecular weight is 332 g/mol. The molecular formula is C16H30BrNO. The smallest absolute Gasteiger partial charge is 0.0541 e. The van der Waals surface area contributed by atoms with Crippen molar-refractivity contribution in [2.75, 3.05) is 25.0 Å². The highest BCUT2D eigenvalue weighted by atomic mass is 79.9. The third-order valence-electron chi connectivity index (χ3n) is 5.32. The van der Waals surface area contributed by atoms with E-state index in [2.05, 4.69) is 20.8 Å². The van der Waals surface area contributed by atoms with E-state index in [1.165, 1.54) is 71.0 Å². The van der Waals surface area contributed by atoms with Crippen LogP contribution in [0.4, 0.5) is 0 Å². The molecule has 1 N–H and O–H groups in total. The number of piperidine rings is 1. The quantitative estimate of drug-likeness (QED) is 0.625. The molecule has 0 radical (unpaired) electrons. The van der Waals surface area contributed by atoms with Crippen LogP contribution in [0.15, 0.2) is 0 Å². The Labute approximate surface area is 127 Å². The number of hydrogen-bond donors (Lipinski definition) is 1. The molecule has 0 aromatic heterocycles. The summed E-state index contributed by atoms with van der Waals surface area (Å²) in [6, 6.07) is 0. The molecular weight excluding hydrogens is 302 g/mol. The van der Waals surface area contributed by atoms with Gasteiger partial charge in [-0.05, 0) is 57.0 Å². The van der Waals surface area contributed by atoms with Gasteiger partial charge < -0.3 is 10.0 Å². The molecule has 1 aliphatic heterocycles. The van der Waals surface area contributed by atoms with Gasteiger partial charge in [-0.3, -0.25) is 0 Å². The predicted molar refractivity (Wildman–Crippen MR) is 84.8 cm³/mol. The van der Waals surface area contributed by atoms with Crippen LogP contribution in [0.2, 0.25) is 0 Å². The Morgan fingerprint density at radius 1 is 1.16 bits per heavy atom. The summed E-state index contributed by atoms with van der Waals surface area (Å²) in [4.78, 5) is 2.66. The highest BCUT2D eigenvalue weighted by molar-refractivity contribution is 9.09. The van der Waals surface area contributed by atoms with Gasteiger partial charge in [0.1, 0.15) is 0 Å². The second-order valence-corrected chi connectivity index (χ2v) is 7.46. The fourth-order valence-electron chi connectivity index (χ4n) is 3.88. The maximum Gasteiger partial charge on any atom is 0.0541 e. The van der Waals surface area contributed by atoms with Crippen LogP contribution in [-0.2, 0) is 0 Å². The Balaban J connectivity index is 1.85. The minimum absolute atomic E-state index is 0.120. The van der Waals surface area contributed by atoms with Crippen LogP contribution in [0.5, 0.6) is 0 Å². The molecule has 1 unspecified atom stereocenters. The molecule has 1 saturated carbocycles. The van der Waals surface area contributed by atoms with Crippen molar-refractivity contribution < 1.29 is 5.11 Å². The molecule has 2 aliphatic rings. The van der Waals surface area contributed by atoms with Gasteiger partial charge in [-0.2, -0.15) is 0 Å². The van der Waals surface area contributed by atoms with Crippen LogP contribution in [-0.4, -0.2) is 41.1 Å². The molecule has 2 nitrogen and oxygen atoms in total. The first-order chi connectivity index (χ1) is 9.15. The van der Waals surface area contributed by atoms with E-state index in [0.29, 0.717) is 11.3 Å². The lowest BCUT2D eigenvalue weighted by atomic mass is 9.81. The summed E-state index contributed by atoms with van der Waals surface area (Å²) in [6.07, 6.45) is 10.7. The summed E-state index contributed by atoms with van der Waals surface area (Å²) in [5, 5.41) is 10.9. The summed E-state index contributed by atoms with van der Waals surface area (Å²) in [5.41, 5.74) is 0.522. The van der Waals surface area contributed by atoms with Gasteiger partial charge in [0.2, 0.25) is 0 Å². The molecule has 0 bridgehead atoms. The zero-order chi connectivity index (χ0) is 13.7. The normalized spacial score (nSPS) is 27.9. The number of halogens is 1. The fourth-order valence-corrected chi connectivity index (χ4v) is 4.62. The van der Waals surface area contributed by atoms with Crippen LogP contribution in [0, 0.1) is 11.3 Å². The Hall–Kier alpha value is 0.400. The van der Waals surface area contributed by atoms with Gasteiger partial charge in [0.25, 0.3) is 0 Å². The number of alkyl halides is 1. The van der Waals surface area contributed by atoms with Crippen LogP contribution >= 0.6 is 15.9 Å². The molecule has 0 aromatic rings. The lowest BCUT2D eigenvalue weighted by molar-refractivity contribution is 0.0535. The number of nitrogens with zero attached hydrogens (tertiary/aromatic N) is 1. The lowest BCUT2D eigenvalue weighted by Crippen LogP contribution is -2.44. The van der Waals surface area contributed by atoms with Crippen LogP contribution < -0.4 is 0 Å². The summed E-state index contributed by atoms with van der Waals surface area (Å²) in [5.74, 6) is 0.533. The van der Waals surface area contributed by atoms with Gasteiger partial charge in [-0.1, -0.05) is 41.6 Å². The van der Waals surface area contributed by atoms with E-state index in [4.69, 9.17) is 0 Å². The van der Waals surface area contributed by atoms with E-state index >= 15 is 0 Å². The molecule has 2 rings (SSSR count). The van der Waals surface area contributed by atoms with Crippen molar-refractivity contribution in [3.63, 3.8) is 0 Å². The number of rotatable bonds is 4. The summed E-state index contributed by atoms with van der Waals surface area (Å²) >= 11 is 3.80. The van der Waals surface area contributed by atoms with Gasteiger partial charge in [-0.25, -0.2) is 0 Å². The van der Waals surface area contributed by atoms with Gasteiger partial charge in [0, 0.05) is 11.9 Å². The van der Waals surface area contributed by atoms with E-state index in [0.717, 1.165) is 5.33 Å². The van der Waals surface area contributed by atoms with Crippen molar-refractivity contribution in [1.29, 1.82) is 0 Å². The molecule has 3 heteroatoms. The van der Waals surface area contributed by atoms with Crippen LogP contribution in [0.1, 0.15) is 58.3 Å². The van der Waals surface area contributed by atoms with Crippen LogP contribution in [0.25, 0.3) is 0 Å². The lowest BCUT2D eigenvalue weighted by Gasteiger charge is -2.40. The number of aliphatic hydroxyl groups is 1. The van der Waals surface area contributed by atoms with Crippen molar-refractivity contribution in [2.45, 2.75) is 64.4 Å². The molecule has 0 aromatic carbocycles. The second kappa shape index (κ2) is 7.42. The summed E-state index contributed by atoms with van der Waals surface area (Å²) < 4.78 is 0. The van der Waals surface area contributed by atoms with Gasteiger partial charge in [0.15, 0.2) is 0 Å². The van der Waals surface area contributed by atoms with Crippen molar-refractivity contribution >= 4 is 15.9 Å². The Bertz CT molecular complexity index is 253. The highest BCUT2D eigenvalue weighted by Gasteiger charge is 2.33. The third kappa shape index (κ3) is 4.44. The van der Waals surface area contributed by atoms with E-state index < -0.39 is 0 Å². The zero-order valence-electron chi connectivity index (χ0n) is 12.4. The first kappa shape index (κ1) is 15.8. The average Bonchev–Trinajstić information content (AvgIpc) is 2.65. The zero-order valence-corrected chi connectivity index (χ0v) is 14.0. The molecule has 112 valence electrons. The summed E-state index contributed by atoms with van der Waals surface area (Å²) in [7, 11) is 0. The predicted octanol–water partition coefficient (Wildman–Crippen LogP) is 3.81. The monoisotopic (exact) mass is 331 g/mol. The van der Waals surface area contributed by atoms with Gasteiger partial charge >= 0.3 is 0 Å². The van der Waals surface area contributed by atoms with Crippen molar-refractivity contribution in [2.24, 2.45) is 11.3 Å². The third-order valence-corrected chi connectivity index (χ3v) is 6.51. The molecule has 19 heavy (non-hydrogen) atoms. The maximum absolute atomic E-state index is 9.69. The Kier molecular flexibility index (Phi) is 6.16. The molecule has 0 amide bonds. The minimum atomic E-state index is -0.120. The largest absolute Gasteiger partial charge is 0.393 e. The number of hydrogen-bond acceptors (Lipinski definition) is 2. The number of likely N-dealkylation sites (tertiary alicyclic amines) is 1. The van der Waals surface area contributed by atoms with E-state index in [1.807, 2.05) is 6.92 Å². The van der Waals surface area contributed by atoms with Gasteiger partial charge in [0.05, 0.1) is 6.10 Å². The van der Waals surface area contributed by atoms with Crippen LogP contribution in [0.3, 0.4) is 0 Å². The first-order valence-corrected chi connectivity index (χ1v) is 9.24. The van der Waals surface area contributed by atoms with E-state index in [-0.39, 0.29) is 6.10 Å². The van der Waals surface area contributed by atoms with E-state index in [1.54, 1.807) is 0 Å². The molecule has 1 aliphatic carbocycles. The Morgan fingerprint density at radius 2 is 1.74 bits per heavy atom. The molecule has 1 atom stereocenters. The van der Waals surface area contributed by atoms with Crippen molar-refractivity contribution in [3.05, 3.63) is 0 Å². The molecule has 2 fully saturated rings. The second-order valence-electron chi connectivity index (χ2n) is 6.90. The number of aliphatic hydroxyl groups excluding tert-OH is 1. The SMILES string of the molecule is CC(O)C1CCN(CC2(CBr)CCCCCC2)CC1. The topological polar surface area (TPSA) is 23.5 Å².